The first-order valence-corrected chi connectivity index (χ1v) is 6.81. The van der Waals surface area contributed by atoms with Crippen molar-refractivity contribution in [3.8, 4) is 0 Å². The number of aromatic amines is 1. The number of fused-ring (bicyclic) bond motifs is 1. The molecule has 1 heterocycles. The quantitative estimate of drug-likeness (QED) is 0.759. The Labute approximate surface area is 129 Å². The molecule has 6 heteroatoms. The summed E-state index contributed by atoms with van der Waals surface area (Å²) >= 11 is 5.77. The smallest absolute Gasteiger partial charge is 0.261 e. The number of H-pyrrole nitrogens is 1. The van der Waals surface area contributed by atoms with Crippen LogP contribution in [0.15, 0.2) is 53.5 Å². The third-order valence-corrected chi connectivity index (χ3v) is 3.44. The Kier molecular flexibility index (Phi) is 3.65. The maximum absolute atomic E-state index is 13.6. The minimum Gasteiger partial charge on any atom is -0.360 e. The zero-order valence-corrected chi connectivity index (χ0v) is 11.9. The standard InChI is InChI=1S/C16H10ClFN2O2/c17-9-5-6-12(18)14(7-9)20-16(22)11-8-19-13-4-2-1-3-10(13)15(11)21/h1-8H,(H,19,21)(H,20,22). The summed E-state index contributed by atoms with van der Waals surface area (Å²) in [7, 11) is 0. The zero-order chi connectivity index (χ0) is 15.7. The van der Waals surface area contributed by atoms with Crippen LogP contribution in [0.4, 0.5) is 10.1 Å². The number of hydrogen-bond acceptors (Lipinski definition) is 2. The summed E-state index contributed by atoms with van der Waals surface area (Å²) in [6.07, 6.45) is 1.31. The Morgan fingerprint density at radius 3 is 2.77 bits per heavy atom. The lowest BCUT2D eigenvalue weighted by atomic mass is 10.1. The second-order valence-electron chi connectivity index (χ2n) is 4.66. The van der Waals surface area contributed by atoms with Crippen LogP contribution in [-0.4, -0.2) is 10.9 Å². The predicted octanol–water partition coefficient (Wildman–Crippen LogP) is 3.57. The molecule has 0 aliphatic heterocycles. The number of carbonyl (C=O) groups is 1. The minimum absolute atomic E-state index is 0.0786. The van der Waals surface area contributed by atoms with Crippen molar-refractivity contribution >= 4 is 34.1 Å². The number of aromatic nitrogens is 1. The van der Waals surface area contributed by atoms with Gasteiger partial charge >= 0.3 is 0 Å². The topological polar surface area (TPSA) is 62.0 Å². The number of para-hydroxylation sites is 1. The molecule has 0 bridgehead atoms. The molecule has 110 valence electrons. The maximum Gasteiger partial charge on any atom is 0.261 e. The number of amides is 1. The Morgan fingerprint density at radius 2 is 1.95 bits per heavy atom. The molecule has 0 unspecified atom stereocenters. The molecule has 0 saturated carbocycles. The lowest BCUT2D eigenvalue weighted by Crippen LogP contribution is -2.22. The Bertz CT molecular complexity index is 937. The summed E-state index contributed by atoms with van der Waals surface area (Å²) in [4.78, 5) is 27.4. The van der Waals surface area contributed by atoms with E-state index in [1.165, 1.54) is 18.3 Å². The summed E-state index contributed by atoms with van der Waals surface area (Å²) in [5.74, 6) is -1.33. The fourth-order valence-corrected chi connectivity index (χ4v) is 2.29. The summed E-state index contributed by atoms with van der Waals surface area (Å²) in [5.41, 5.74) is 0.0235. The van der Waals surface area contributed by atoms with Crippen LogP contribution in [0.2, 0.25) is 5.02 Å². The molecule has 1 aromatic heterocycles. The van der Waals surface area contributed by atoms with Crippen molar-refractivity contribution in [3.63, 3.8) is 0 Å². The molecule has 0 radical (unpaired) electrons. The van der Waals surface area contributed by atoms with E-state index in [0.29, 0.717) is 10.9 Å². The van der Waals surface area contributed by atoms with Gasteiger partial charge in [-0.25, -0.2) is 4.39 Å². The summed E-state index contributed by atoms with van der Waals surface area (Å²) in [6.45, 7) is 0. The van der Waals surface area contributed by atoms with Crippen LogP contribution in [0.3, 0.4) is 0 Å². The van der Waals surface area contributed by atoms with E-state index in [2.05, 4.69) is 10.3 Å². The van der Waals surface area contributed by atoms with E-state index in [1.54, 1.807) is 24.3 Å². The van der Waals surface area contributed by atoms with Crippen LogP contribution >= 0.6 is 11.6 Å². The van der Waals surface area contributed by atoms with Gasteiger partial charge in [-0.3, -0.25) is 9.59 Å². The van der Waals surface area contributed by atoms with Crippen LogP contribution in [0.1, 0.15) is 10.4 Å². The van der Waals surface area contributed by atoms with E-state index in [4.69, 9.17) is 11.6 Å². The lowest BCUT2D eigenvalue weighted by molar-refractivity contribution is 0.102. The molecule has 0 saturated heterocycles. The summed E-state index contributed by atoms with van der Waals surface area (Å²) < 4.78 is 13.6. The molecule has 1 amide bonds. The Hall–Kier alpha value is -2.66. The van der Waals surface area contributed by atoms with Crippen molar-refractivity contribution in [2.45, 2.75) is 0 Å². The number of carbonyl (C=O) groups excluding carboxylic acids is 1. The van der Waals surface area contributed by atoms with E-state index in [0.717, 1.165) is 6.07 Å². The fourth-order valence-electron chi connectivity index (χ4n) is 2.12. The molecule has 0 aliphatic carbocycles. The molecule has 22 heavy (non-hydrogen) atoms. The van der Waals surface area contributed by atoms with Gasteiger partial charge in [-0.1, -0.05) is 23.7 Å². The number of nitrogens with one attached hydrogen (secondary N) is 2. The molecule has 0 spiro atoms. The molecule has 0 fully saturated rings. The van der Waals surface area contributed by atoms with Gasteiger partial charge in [-0.2, -0.15) is 0 Å². The van der Waals surface area contributed by atoms with Gasteiger partial charge in [0.15, 0.2) is 0 Å². The number of anilines is 1. The van der Waals surface area contributed by atoms with E-state index in [9.17, 15) is 14.0 Å². The van der Waals surface area contributed by atoms with Crippen LogP contribution < -0.4 is 10.7 Å². The SMILES string of the molecule is O=C(Nc1cc(Cl)ccc1F)c1c[nH]c2ccccc2c1=O. The van der Waals surface area contributed by atoms with Gasteiger partial charge in [0.05, 0.1) is 5.69 Å². The summed E-state index contributed by atoms with van der Waals surface area (Å²) in [5, 5.41) is 3.03. The zero-order valence-electron chi connectivity index (χ0n) is 11.2. The normalized spacial score (nSPS) is 10.6. The molecular formula is C16H10ClFN2O2. The van der Waals surface area contributed by atoms with Gasteiger partial charge in [0.25, 0.3) is 5.91 Å². The summed E-state index contributed by atoms with van der Waals surface area (Å²) in [6, 6.07) is 10.6. The molecule has 0 atom stereocenters. The minimum atomic E-state index is -0.701. The third kappa shape index (κ3) is 2.58. The third-order valence-electron chi connectivity index (χ3n) is 3.21. The Balaban J connectivity index is 2.01. The molecule has 3 rings (SSSR count). The number of pyridine rings is 1. The Morgan fingerprint density at radius 1 is 1.18 bits per heavy atom. The molecule has 3 aromatic rings. The highest BCUT2D eigenvalue weighted by molar-refractivity contribution is 6.31. The average Bonchev–Trinajstić information content (AvgIpc) is 2.51. The van der Waals surface area contributed by atoms with Crippen molar-refractivity contribution in [2.24, 2.45) is 0 Å². The fraction of sp³-hybridized carbons (Fsp3) is 0. The van der Waals surface area contributed by atoms with E-state index >= 15 is 0 Å². The molecule has 2 N–H and O–H groups in total. The first-order valence-electron chi connectivity index (χ1n) is 6.43. The monoisotopic (exact) mass is 316 g/mol. The number of hydrogen-bond donors (Lipinski definition) is 2. The van der Waals surface area contributed by atoms with Crippen LogP contribution in [0.5, 0.6) is 0 Å². The first kappa shape index (κ1) is 14.3. The highest BCUT2D eigenvalue weighted by Gasteiger charge is 2.14. The van der Waals surface area contributed by atoms with E-state index < -0.39 is 17.2 Å². The largest absolute Gasteiger partial charge is 0.360 e. The van der Waals surface area contributed by atoms with Crippen molar-refractivity contribution in [1.29, 1.82) is 0 Å². The van der Waals surface area contributed by atoms with Crippen LogP contribution in [-0.2, 0) is 0 Å². The average molecular weight is 317 g/mol. The van der Waals surface area contributed by atoms with Crippen LogP contribution in [0, 0.1) is 5.82 Å². The van der Waals surface area contributed by atoms with Crippen molar-refractivity contribution in [3.05, 3.63) is 75.3 Å². The van der Waals surface area contributed by atoms with Gasteiger partial charge in [-0.05, 0) is 30.3 Å². The molecule has 0 aliphatic rings. The van der Waals surface area contributed by atoms with E-state index in [1.807, 2.05) is 0 Å². The maximum atomic E-state index is 13.6. The van der Waals surface area contributed by atoms with E-state index in [-0.39, 0.29) is 16.3 Å². The highest BCUT2D eigenvalue weighted by Crippen LogP contribution is 2.20. The van der Waals surface area contributed by atoms with Crippen molar-refractivity contribution in [2.75, 3.05) is 5.32 Å². The van der Waals surface area contributed by atoms with Gasteiger partial charge in [-0.15, -0.1) is 0 Å². The van der Waals surface area contributed by atoms with Crippen molar-refractivity contribution < 1.29 is 9.18 Å². The molecular weight excluding hydrogens is 307 g/mol. The second-order valence-corrected chi connectivity index (χ2v) is 5.09. The molecule has 4 nitrogen and oxygen atoms in total. The predicted molar refractivity (Wildman–Crippen MR) is 83.9 cm³/mol. The number of rotatable bonds is 2. The van der Waals surface area contributed by atoms with Crippen LogP contribution in [0.25, 0.3) is 10.9 Å². The van der Waals surface area contributed by atoms with Crippen molar-refractivity contribution in [1.82, 2.24) is 4.98 Å². The first-order chi connectivity index (χ1) is 10.6. The lowest BCUT2D eigenvalue weighted by Gasteiger charge is -2.07. The molecule has 2 aromatic carbocycles. The van der Waals surface area contributed by atoms with Gasteiger partial charge < -0.3 is 10.3 Å². The van der Waals surface area contributed by atoms with Gasteiger partial charge in [0, 0.05) is 22.1 Å². The van der Waals surface area contributed by atoms with Gasteiger partial charge in [0.1, 0.15) is 11.4 Å². The number of halogens is 2. The number of benzene rings is 2. The highest BCUT2D eigenvalue weighted by atomic mass is 35.5. The second kappa shape index (κ2) is 5.61. The van der Waals surface area contributed by atoms with Gasteiger partial charge in [0.2, 0.25) is 5.43 Å².